The molecular weight excluding hydrogens is 467 g/mol. The van der Waals surface area contributed by atoms with Crippen molar-refractivity contribution in [3.8, 4) is 29.9 Å². The van der Waals surface area contributed by atoms with Gasteiger partial charge in [-0.15, -0.1) is 6.42 Å². The summed E-state index contributed by atoms with van der Waals surface area (Å²) >= 11 is 0. The van der Waals surface area contributed by atoms with Crippen molar-refractivity contribution in [3.05, 3.63) is 41.5 Å². The van der Waals surface area contributed by atoms with Gasteiger partial charge in [-0.05, 0) is 43.4 Å². The minimum absolute atomic E-state index is 0.00223. The van der Waals surface area contributed by atoms with E-state index in [1.807, 2.05) is 6.07 Å². The van der Waals surface area contributed by atoms with Crippen LogP contribution in [0.3, 0.4) is 0 Å². The topological polar surface area (TPSA) is 97.3 Å². The Kier molecular flexibility index (Phi) is 8.57. The second-order valence-corrected chi connectivity index (χ2v) is 8.93. The normalized spacial score (nSPS) is 19.0. The zero-order valence-electron chi connectivity index (χ0n) is 20.4. The molecule has 1 aromatic carbocycles. The van der Waals surface area contributed by atoms with Crippen LogP contribution in [0.15, 0.2) is 24.5 Å². The van der Waals surface area contributed by atoms with Crippen LogP contribution >= 0.6 is 0 Å². The van der Waals surface area contributed by atoms with E-state index in [0.29, 0.717) is 32.4 Å². The van der Waals surface area contributed by atoms with Crippen molar-refractivity contribution < 1.29 is 28.5 Å². The molecule has 1 amide bonds. The third-order valence-corrected chi connectivity index (χ3v) is 6.63. The molecule has 9 nitrogen and oxygen atoms in total. The number of benzene rings is 1. The summed E-state index contributed by atoms with van der Waals surface area (Å²) in [7, 11) is 1.73. The maximum atomic E-state index is 14.9. The molecule has 3 heterocycles. The van der Waals surface area contributed by atoms with Crippen molar-refractivity contribution in [2.75, 3.05) is 33.3 Å². The van der Waals surface area contributed by atoms with Gasteiger partial charge >= 0.3 is 6.09 Å². The lowest BCUT2D eigenvalue weighted by Gasteiger charge is -2.34. The Morgan fingerprint density at radius 2 is 1.97 bits per heavy atom. The number of piperidine rings is 2. The molecule has 2 aliphatic heterocycles. The third kappa shape index (κ3) is 6.22. The van der Waals surface area contributed by atoms with Crippen LogP contribution in [0.5, 0.6) is 17.5 Å². The number of hydrogen-bond donors (Lipinski definition) is 1. The molecular formula is C26H31FN4O5. The number of rotatable bonds is 8. The number of terminal acetylenes is 1. The Hall–Kier alpha value is -3.42. The van der Waals surface area contributed by atoms with E-state index in [4.69, 9.17) is 25.7 Å². The highest BCUT2D eigenvalue weighted by atomic mass is 19.1. The Labute approximate surface area is 210 Å². The van der Waals surface area contributed by atoms with Gasteiger partial charge in [0.2, 0.25) is 11.8 Å². The van der Waals surface area contributed by atoms with Gasteiger partial charge in [-0.25, -0.2) is 19.2 Å². The SMILES string of the molecule is C#Cc1c(Oc2ccc(CCN3CCCC[C@H]3OC)cc2F)ncnc1OC1CCN(C(=O)O)CC1. The highest BCUT2D eigenvalue weighted by Gasteiger charge is 2.26. The lowest BCUT2D eigenvalue weighted by molar-refractivity contribution is -0.0545. The number of methoxy groups -OCH3 is 1. The maximum Gasteiger partial charge on any atom is 0.407 e. The molecule has 192 valence electrons. The van der Waals surface area contributed by atoms with Gasteiger partial charge < -0.3 is 24.2 Å². The fraction of sp³-hybridized carbons (Fsp3) is 0.500. The average Bonchev–Trinajstić information content (AvgIpc) is 2.89. The molecule has 1 aromatic heterocycles. The summed E-state index contributed by atoms with van der Waals surface area (Å²) in [5.41, 5.74) is 1.04. The van der Waals surface area contributed by atoms with Gasteiger partial charge in [0.25, 0.3) is 0 Å². The quantitative estimate of drug-likeness (QED) is 0.547. The summed E-state index contributed by atoms with van der Waals surface area (Å²) in [5, 5.41) is 9.11. The van der Waals surface area contributed by atoms with Gasteiger partial charge in [-0.3, -0.25) is 4.90 Å². The Morgan fingerprint density at radius 3 is 2.67 bits per heavy atom. The molecule has 1 atom stereocenters. The lowest BCUT2D eigenvalue weighted by atomic mass is 10.1. The first-order chi connectivity index (χ1) is 17.5. The zero-order valence-corrected chi connectivity index (χ0v) is 20.4. The second-order valence-electron chi connectivity index (χ2n) is 8.93. The number of carbonyl (C=O) groups is 1. The number of aromatic nitrogens is 2. The zero-order chi connectivity index (χ0) is 25.5. The Balaban J connectivity index is 1.40. The van der Waals surface area contributed by atoms with E-state index in [1.54, 1.807) is 13.2 Å². The van der Waals surface area contributed by atoms with Crippen molar-refractivity contribution in [2.24, 2.45) is 0 Å². The Bertz CT molecular complexity index is 1100. The van der Waals surface area contributed by atoms with E-state index in [2.05, 4.69) is 20.8 Å². The summed E-state index contributed by atoms with van der Waals surface area (Å²) in [6, 6.07) is 4.86. The van der Waals surface area contributed by atoms with E-state index in [0.717, 1.165) is 37.9 Å². The minimum Gasteiger partial charge on any atom is -0.473 e. The number of amides is 1. The van der Waals surface area contributed by atoms with E-state index >= 15 is 0 Å². The first-order valence-corrected chi connectivity index (χ1v) is 12.2. The van der Waals surface area contributed by atoms with Gasteiger partial charge in [-0.2, -0.15) is 0 Å². The van der Waals surface area contributed by atoms with Gasteiger partial charge in [0, 0.05) is 46.1 Å². The predicted octanol–water partition coefficient (Wildman–Crippen LogP) is 3.91. The lowest BCUT2D eigenvalue weighted by Crippen LogP contribution is -2.41. The van der Waals surface area contributed by atoms with Crippen molar-refractivity contribution >= 4 is 6.09 Å². The van der Waals surface area contributed by atoms with Gasteiger partial charge in [0.1, 0.15) is 24.2 Å². The fourth-order valence-electron chi connectivity index (χ4n) is 4.61. The van der Waals surface area contributed by atoms with Crippen molar-refractivity contribution in [1.82, 2.24) is 19.8 Å². The first kappa shape index (κ1) is 25.7. The number of ether oxygens (including phenoxy) is 3. The number of carboxylic acid groups (broad SMARTS) is 1. The highest BCUT2D eigenvalue weighted by molar-refractivity contribution is 5.65. The van der Waals surface area contributed by atoms with E-state index in [1.165, 1.54) is 17.3 Å². The number of nitrogens with zero attached hydrogens (tertiary/aromatic N) is 4. The van der Waals surface area contributed by atoms with Gasteiger partial charge in [0.15, 0.2) is 11.6 Å². The fourth-order valence-corrected chi connectivity index (χ4v) is 4.61. The average molecular weight is 499 g/mol. The maximum absolute atomic E-state index is 14.9. The smallest absolute Gasteiger partial charge is 0.407 e. The third-order valence-electron chi connectivity index (χ3n) is 6.63. The summed E-state index contributed by atoms with van der Waals surface area (Å²) in [6.45, 7) is 2.49. The van der Waals surface area contributed by atoms with Crippen LogP contribution < -0.4 is 9.47 Å². The van der Waals surface area contributed by atoms with Crippen LogP contribution in [0.25, 0.3) is 0 Å². The summed E-state index contributed by atoms with van der Waals surface area (Å²) in [5.74, 6) is 2.14. The number of likely N-dealkylation sites (tertiary alicyclic amines) is 2. The number of hydrogen-bond acceptors (Lipinski definition) is 7. The molecule has 0 saturated carbocycles. The van der Waals surface area contributed by atoms with Crippen molar-refractivity contribution in [2.45, 2.75) is 50.9 Å². The molecule has 10 heteroatoms. The summed E-state index contributed by atoms with van der Waals surface area (Å²) in [6.07, 6.45) is 10.9. The molecule has 2 saturated heterocycles. The van der Waals surface area contributed by atoms with E-state index < -0.39 is 11.9 Å². The monoisotopic (exact) mass is 498 g/mol. The molecule has 36 heavy (non-hydrogen) atoms. The first-order valence-electron chi connectivity index (χ1n) is 12.2. The highest BCUT2D eigenvalue weighted by Crippen LogP contribution is 2.31. The summed E-state index contributed by atoms with van der Waals surface area (Å²) in [4.78, 5) is 22.9. The summed E-state index contributed by atoms with van der Waals surface area (Å²) < 4.78 is 32.1. The molecule has 0 aliphatic carbocycles. The molecule has 0 bridgehead atoms. The molecule has 2 aromatic rings. The van der Waals surface area contributed by atoms with Crippen LogP contribution in [0.2, 0.25) is 0 Å². The molecule has 2 aliphatic rings. The van der Waals surface area contributed by atoms with Crippen molar-refractivity contribution in [1.29, 1.82) is 0 Å². The Morgan fingerprint density at radius 1 is 1.19 bits per heavy atom. The molecule has 4 rings (SSSR count). The van der Waals surface area contributed by atoms with Crippen LogP contribution in [0.1, 0.15) is 43.2 Å². The second kappa shape index (κ2) is 12.0. The predicted molar refractivity (Wildman–Crippen MR) is 130 cm³/mol. The molecule has 0 unspecified atom stereocenters. The molecule has 0 spiro atoms. The van der Waals surface area contributed by atoms with Crippen LogP contribution in [-0.4, -0.2) is 76.6 Å². The van der Waals surface area contributed by atoms with Crippen LogP contribution in [0.4, 0.5) is 9.18 Å². The van der Waals surface area contributed by atoms with Gasteiger partial charge in [-0.1, -0.05) is 12.0 Å². The molecule has 0 radical (unpaired) electrons. The minimum atomic E-state index is -0.950. The van der Waals surface area contributed by atoms with E-state index in [-0.39, 0.29) is 35.4 Å². The van der Waals surface area contributed by atoms with Crippen molar-refractivity contribution in [3.63, 3.8) is 0 Å². The standard InChI is InChI=1S/C26H31FN4O5/c1-3-20-24(35-19-10-14-31(15-11-19)26(32)33)28-17-29-25(20)36-22-8-7-18(16-21(22)27)9-13-30-12-5-4-6-23(30)34-2/h1,7-8,16-17,19,23H,4-6,9-15H2,2H3,(H,32,33)/t23-/m1/s1. The van der Waals surface area contributed by atoms with Crippen LogP contribution in [-0.2, 0) is 11.2 Å². The van der Waals surface area contributed by atoms with Crippen LogP contribution in [0, 0.1) is 18.2 Å². The molecule has 1 N–H and O–H groups in total. The largest absolute Gasteiger partial charge is 0.473 e. The molecule has 2 fully saturated rings. The van der Waals surface area contributed by atoms with Gasteiger partial charge in [0.05, 0.1) is 0 Å². The number of halogens is 1. The van der Waals surface area contributed by atoms with E-state index in [9.17, 15) is 9.18 Å².